The number of ether oxygens (including phenoxy) is 1. The number of ketones is 1. The van der Waals surface area contributed by atoms with E-state index in [2.05, 4.69) is 24.9 Å². The highest BCUT2D eigenvalue weighted by Gasteiger charge is 2.33. The third-order valence-electron chi connectivity index (χ3n) is 3.90. The monoisotopic (exact) mass is 257 g/mol. The molecule has 0 spiro atoms. The smallest absolute Gasteiger partial charge is 0.165 e. The van der Waals surface area contributed by atoms with E-state index >= 15 is 0 Å². The zero-order valence-electron chi connectivity index (χ0n) is 11.5. The van der Waals surface area contributed by atoms with Crippen LogP contribution in [-0.2, 0) is 11.2 Å². The van der Waals surface area contributed by atoms with Crippen molar-refractivity contribution in [1.29, 1.82) is 0 Å². The molecule has 0 saturated carbocycles. The maximum absolute atomic E-state index is 12.5. The van der Waals surface area contributed by atoms with Gasteiger partial charge in [0.1, 0.15) is 0 Å². The number of aromatic nitrogens is 1. The summed E-state index contributed by atoms with van der Waals surface area (Å²) in [6.45, 7) is 5.65. The quantitative estimate of drug-likeness (QED) is 0.776. The highest BCUT2D eigenvalue weighted by Crippen LogP contribution is 2.37. The SMILES string of the molecule is CC1(C)CC(=O)c2c(C3=CCOCC3)ccnc2C1. The summed E-state index contributed by atoms with van der Waals surface area (Å²) in [5.74, 6) is 0.238. The fraction of sp³-hybridized carbons (Fsp3) is 0.500. The average molecular weight is 257 g/mol. The molecule has 1 aliphatic carbocycles. The highest BCUT2D eigenvalue weighted by molar-refractivity contribution is 6.03. The molecule has 100 valence electrons. The van der Waals surface area contributed by atoms with Gasteiger partial charge in [0.05, 0.1) is 18.9 Å². The molecular weight excluding hydrogens is 238 g/mol. The van der Waals surface area contributed by atoms with Crippen LogP contribution < -0.4 is 0 Å². The number of hydrogen-bond acceptors (Lipinski definition) is 3. The van der Waals surface area contributed by atoms with Crippen LogP contribution in [-0.4, -0.2) is 24.0 Å². The Balaban J connectivity index is 2.09. The summed E-state index contributed by atoms with van der Waals surface area (Å²) in [6.07, 6.45) is 6.30. The van der Waals surface area contributed by atoms with Gasteiger partial charge in [0.25, 0.3) is 0 Å². The van der Waals surface area contributed by atoms with Gasteiger partial charge in [-0.2, -0.15) is 0 Å². The van der Waals surface area contributed by atoms with E-state index in [1.807, 2.05) is 12.3 Å². The number of Topliss-reactive ketones (excluding diaryl/α,β-unsaturated/α-hetero) is 1. The highest BCUT2D eigenvalue weighted by atomic mass is 16.5. The molecule has 0 atom stereocenters. The largest absolute Gasteiger partial charge is 0.377 e. The summed E-state index contributed by atoms with van der Waals surface area (Å²) in [5.41, 5.74) is 4.16. The molecule has 0 saturated heterocycles. The fourth-order valence-corrected chi connectivity index (χ4v) is 3.03. The van der Waals surface area contributed by atoms with Crippen LogP contribution in [0.2, 0.25) is 0 Å². The predicted molar refractivity (Wildman–Crippen MR) is 74.1 cm³/mol. The first-order chi connectivity index (χ1) is 9.07. The number of fused-ring (bicyclic) bond motifs is 1. The maximum atomic E-state index is 12.5. The van der Waals surface area contributed by atoms with Gasteiger partial charge in [0, 0.05) is 18.2 Å². The summed E-state index contributed by atoms with van der Waals surface area (Å²) in [6, 6.07) is 1.98. The molecule has 1 aromatic rings. The van der Waals surface area contributed by atoms with Gasteiger partial charge in [-0.1, -0.05) is 19.9 Å². The van der Waals surface area contributed by atoms with Gasteiger partial charge in [-0.3, -0.25) is 9.78 Å². The lowest BCUT2D eigenvalue weighted by atomic mass is 9.74. The van der Waals surface area contributed by atoms with Crippen molar-refractivity contribution < 1.29 is 9.53 Å². The van der Waals surface area contributed by atoms with E-state index in [1.165, 1.54) is 5.57 Å². The number of rotatable bonds is 1. The first-order valence-electron chi connectivity index (χ1n) is 6.85. The van der Waals surface area contributed by atoms with E-state index in [1.54, 1.807) is 0 Å². The normalized spacial score (nSPS) is 21.8. The van der Waals surface area contributed by atoms with Crippen molar-refractivity contribution in [2.45, 2.75) is 33.1 Å². The van der Waals surface area contributed by atoms with Crippen molar-refractivity contribution >= 4 is 11.4 Å². The lowest BCUT2D eigenvalue weighted by Crippen LogP contribution is -2.29. The minimum atomic E-state index is 0.0275. The van der Waals surface area contributed by atoms with Gasteiger partial charge < -0.3 is 4.74 Å². The number of hydrogen-bond donors (Lipinski definition) is 0. The molecule has 2 heterocycles. The van der Waals surface area contributed by atoms with Crippen molar-refractivity contribution in [3.8, 4) is 0 Å². The molecule has 19 heavy (non-hydrogen) atoms. The Morgan fingerprint density at radius 3 is 2.89 bits per heavy atom. The molecule has 0 N–H and O–H groups in total. The topological polar surface area (TPSA) is 39.2 Å². The summed E-state index contributed by atoms with van der Waals surface area (Å²) >= 11 is 0. The Morgan fingerprint density at radius 2 is 2.16 bits per heavy atom. The average Bonchev–Trinajstić information content (AvgIpc) is 2.37. The van der Waals surface area contributed by atoms with Crippen molar-refractivity contribution in [2.24, 2.45) is 5.41 Å². The van der Waals surface area contributed by atoms with Gasteiger partial charge in [-0.05, 0) is 35.5 Å². The molecule has 0 bridgehead atoms. The fourth-order valence-electron chi connectivity index (χ4n) is 3.03. The van der Waals surface area contributed by atoms with E-state index in [0.717, 1.165) is 36.3 Å². The van der Waals surface area contributed by atoms with Crippen molar-refractivity contribution in [2.75, 3.05) is 13.2 Å². The zero-order valence-corrected chi connectivity index (χ0v) is 11.5. The Hall–Kier alpha value is -1.48. The molecule has 0 fully saturated rings. The Kier molecular flexibility index (Phi) is 3.02. The predicted octanol–water partition coefficient (Wildman–Crippen LogP) is 3.04. The van der Waals surface area contributed by atoms with Crippen LogP contribution in [0.3, 0.4) is 0 Å². The molecule has 1 aliphatic heterocycles. The van der Waals surface area contributed by atoms with E-state index < -0.39 is 0 Å². The second kappa shape index (κ2) is 4.57. The second-order valence-corrected chi connectivity index (χ2v) is 6.18. The lowest BCUT2D eigenvalue weighted by molar-refractivity contribution is 0.0909. The minimum Gasteiger partial charge on any atom is -0.377 e. The maximum Gasteiger partial charge on any atom is 0.165 e. The van der Waals surface area contributed by atoms with Crippen LogP contribution in [0.25, 0.3) is 5.57 Å². The van der Waals surface area contributed by atoms with Crippen LogP contribution in [0.5, 0.6) is 0 Å². The summed E-state index contributed by atoms with van der Waals surface area (Å²) in [5, 5.41) is 0. The van der Waals surface area contributed by atoms with Gasteiger partial charge in [0.2, 0.25) is 0 Å². The first-order valence-corrected chi connectivity index (χ1v) is 6.85. The third kappa shape index (κ3) is 2.35. The Labute approximate surface area is 113 Å². The van der Waals surface area contributed by atoms with Gasteiger partial charge >= 0.3 is 0 Å². The molecule has 0 amide bonds. The molecule has 3 heteroatoms. The van der Waals surface area contributed by atoms with Crippen LogP contribution in [0.4, 0.5) is 0 Å². The molecule has 2 aliphatic rings. The summed E-state index contributed by atoms with van der Waals surface area (Å²) < 4.78 is 5.35. The van der Waals surface area contributed by atoms with Crippen LogP contribution >= 0.6 is 0 Å². The molecule has 3 rings (SSSR count). The van der Waals surface area contributed by atoms with E-state index in [4.69, 9.17) is 4.74 Å². The molecule has 1 aromatic heterocycles. The van der Waals surface area contributed by atoms with E-state index in [9.17, 15) is 4.79 Å². The van der Waals surface area contributed by atoms with Crippen molar-refractivity contribution in [3.63, 3.8) is 0 Å². The van der Waals surface area contributed by atoms with Gasteiger partial charge in [-0.25, -0.2) is 0 Å². The number of carbonyl (C=O) groups is 1. The molecule has 3 nitrogen and oxygen atoms in total. The Morgan fingerprint density at radius 1 is 1.32 bits per heavy atom. The number of carbonyl (C=O) groups excluding carboxylic acids is 1. The molecule has 0 aromatic carbocycles. The lowest BCUT2D eigenvalue weighted by Gasteiger charge is -2.31. The van der Waals surface area contributed by atoms with Crippen molar-refractivity contribution in [1.82, 2.24) is 4.98 Å². The molecule has 0 unspecified atom stereocenters. The van der Waals surface area contributed by atoms with Crippen LogP contribution in [0.1, 0.15) is 48.3 Å². The Bertz CT molecular complexity index is 558. The van der Waals surface area contributed by atoms with Crippen LogP contribution in [0.15, 0.2) is 18.3 Å². The van der Waals surface area contributed by atoms with Crippen LogP contribution in [0, 0.1) is 5.41 Å². The number of pyridine rings is 1. The molecule has 0 radical (unpaired) electrons. The standard InChI is InChI=1S/C16H19NO2/c1-16(2)9-13-15(14(18)10-16)12(3-6-17-13)11-4-7-19-8-5-11/h3-4,6H,5,7-10H2,1-2H3. The zero-order chi connectivity index (χ0) is 13.5. The number of nitrogens with zero attached hydrogens (tertiary/aromatic N) is 1. The first kappa shape index (κ1) is 12.5. The van der Waals surface area contributed by atoms with Gasteiger partial charge in [0.15, 0.2) is 5.78 Å². The minimum absolute atomic E-state index is 0.0275. The summed E-state index contributed by atoms with van der Waals surface area (Å²) in [4.78, 5) is 16.9. The van der Waals surface area contributed by atoms with E-state index in [0.29, 0.717) is 13.0 Å². The van der Waals surface area contributed by atoms with Gasteiger partial charge in [-0.15, -0.1) is 0 Å². The molecular formula is C16H19NO2. The summed E-state index contributed by atoms with van der Waals surface area (Å²) in [7, 11) is 0. The van der Waals surface area contributed by atoms with E-state index in [-0.39, 0.29) is 11.2 Å². The third-order valence-corrected chi connectivity index (χ3v) is 3.90. The van der Waals surface area contributed by atoms with Crippen molar-refractivity contribution in [3.05, 3.63) is 35.2 Å². The second-order valence-electron chi connectivity index (χ2n) is 6.18.